The number of imidazole rings is 1. The van der Waals surface area contributed by atoms with E-state index in [0.717, 1.165) is 5.56 Å². The summed E-state index contributed by atoms with van der Waals surface area (Å²) in [4.78, 5) is 19.8. The lowest BCUT2D eigenvalue weighted by molar-refractivity contribution is -0.140. The summed E-state index contributed by atoms with van der Waals surface area (Å²) in [6.45, 7) is 7.25. The molecule has 3 rings (SSSR count). The van der Waals surface area contributed by atoms with Crippen LogP contribution in [0.1, 0.15) is 44.6 Å². The summed E-state index contributed by atoms with van der Waals surface area (Å²) in [6, 6.07) is 12.1. The van der Waals surface area contributed by atoms with Crippen molar-refractivity contribution in [3.05, 3.63) is 77.8 Å². The molecule has 1 aromatic heterocycles. The summed E-state index contributed by atoms with van der Waals surface area (Å²) in [5.41, 5.74) is 7.30. The Balaban J connectivity index is 2.18. The van der Waals surface area contributed by atoms with Crippen LogP contribution in [0.5, 0.6) is 0 Å². The number of aromatic nitrogens is 2. The maximum atomic E-state index is 14.0. The lowest BCUT2D eigenvalue weighted by atomic mass is 9.84. The number of hydrogen-bond donors (Lipinski definition) is 1. The van der Waals surface area contributed by atoms with Gasteiger partial charge in [-0.25, -0.2) is 13.8 Å². The smallest absolute Gasteiger partial charge is 0.249 e. The molecule has 2 N–H and O–H groups in total. The first-order chi connectivity index (χ1) is 16.6. The molecule has 1 unspecified atom stereocenters. The molecule has 0 aliphatic rings. The Bertz CT molecular complexity index is 1140. The van der Waals surface area contributed by atoms with Crippen LogP contribution in [0, 0.1) is 17.0 Å². The molecular formula is C27H34F2N4O2. The first kappa shape index (κ1) is 26.5. The minimum absolute atomic E-state index is 0.0709. The molecule has 0 aliphatic carbocycles. The van der Waals surface area contributed by atoms with Crippen LogP contribution >= 0.6 is 0 Å². The molecule has 35 heavy (non-hydrogen) atoms. The van der Waals surface area contributed by atoms with Gasteiger partial charge in [-0.15, -0.1) is 0 Å². The normalized spacial score (nSPS) is 12.5. The highest BCUT2D eigenvalue weighted by atomic mass is 19.1. The van der Waals surface area contributed by atoms with Gasteiger partial charge < -0.3 is 19.9 Å². The van der Waals surface area contributed by atoms with Gasteiger partial charge in [-0.1, -0.05) is 45.0 Å². The van der Waals surface area contributed by atoms with Crippen LogP contribution in [0.3, 0.4) is 0 Å². The zero-order chi connectivity index (χ0) is 25.6. The average Bonchev–Trinajstić information content (AvgIpc) is 3.18. The number of methoxy groups -OCH3 is 1. The van der Waals surface area contributed by atoms with E-state index in [1.165, 1.54) is 31.4 Å². The van der Waals surface area contributed by atoms with Crippen LogP contribution in [0.2, 0.25) is 0 Å². The molecule has 0 fully saturated rings. The summed E-state index contributed by atoms with van der Waals surface area (Å²) in [7, 11) is 1.48. The fourth-order valence-electron chi connectivity index (χ4n) is 4.25. The SMILES string of the molecule is COCC(=O)N(CCCN)C(c1nc(-c2cccc(F)c2)cn1Cc1cccc(F)c1)C(C)(C)C. The van der Waals surface area contributed by atoms with Crippen molar-refractivity contribution in [3.8, 4) is 11.3 Å². The highest BCUT2D eigenvalue weighted by Gasteiger charge is 2.38. The number of nitrogens with zero attached hydrogens (tertiary/aromatic N) is 3. The summed E-state index contributed by atoms with van der Waals surface area (Å²) >= 11 is 0. The van der Waals surface area contributed by atoms with Gasteiger partial charge in [0.15, 0.2) is 0 Å². The quantitative estimate of drug-likeness (QED) is 0.449. The Kier molecular flexibility index (Phi) is 8.75. The summed E-state index contributed by atoms with van der Waals surface area (Å²) in [5.74, 6) is -0.242. The Morgan fingerprint density at radius 3 is 2.43 bits per heavy atom. The second kappa shape index (κ2) is 11.6. The molecule has 8 heteroatoms. The minimum Gasteiger partial charge on any atom is -0.375 e. The molecule has 0 radical (unpaired) electrons. The van der Waals surface area contributed by atoms with Gasteiger partial charge in [0.25, 0.3) is 0 Å². The molecule has 0 saturated heterocycles. The molecule has 6 nitrogen and oxygen atoms in total. The predicted molar refractivity (Wildman–Crippen MR) is 133 cm³/mol. The van der Waals surface area contributed by atoms with Crippen LogP contribution < -0.4 is 5.73 Å². The molecule has 3 aromatic rings. The lowest BCUT2D eigenvalue weighted by Gasteiger charge is -2.40. The number of ether oxygens (including phenoxy) is 1. The van der Waals surface area contributed by atoms with Gasteiger partial charge in [-0.05, 0) is 48.2 Å². The van der Waals surface area contributed by atoms with Crippen molar-refractivity contribution in [2.24, 2.45) is 11.1 Å². The van der Waals surface area contributed by atoms with Crippen molar-refractivity contribution in [2.45, 2.75) is 39.8 Å². The van der Waals surface area contributed by atoms with Crippen LogP contribution in [0.4, 0.5) is 8.78 Å². The van der Waals surface area contributed by atoms with Crippen LogP contribution in [0.25, 0.3) is 11.3 Å². The van der Waals surface area contributed by atoms with E-state index in [1.54, 1.807) is 23.1 Å². The van der Waals surface area contributed by atoms with Crippen molar-refractivity contribution < 1.29 is 18.3 Å². The largest absolute Gasteiger partial charge is 0.375 e. The zero-order valence-corrected chi connectivity index (χ0v) is 20.8. The Morgan fingerprint density at radius 1 is 1.14 bits per heavy atom. The highest BCUT2D eigenvalue weighted by Crippen LogP contribution is 2.39. The van der Waals surface area contributed by atoms with E-state index in [9.17, 15) is 13.6 Å². The van der Waals surface area contributed by atoms with E-state index in [-0.39, 0.29) is 24.1 Å². The van der Waals surface area contributed by atoms with Crippen LogP contribution in [-0.2, 0) is 16.1 Å². The minimum atomic E-state index is -0.437. The molecule has 1 heterocycles. The predicted octanol–water partition coefficient (Wildman–Crippen LogP) is 4.79. The number of carbonyl (C=O) groups is 1. The number of hydrogen-bond acceptors (Lipinski definition) is 4. The molecule has 0 aliphatic heterocycles. The van der Waals surface area contributed by atoms with Crippen molar-refractivity contribution in [1.29, 1.82) is 0 Å². The molecule has 1 amide bonds. The molecular weight excluding hydrogens is 450 g/mol. The third-order valence-electron chi connectivity index (χ3n) is 5.74. The maximum Gasteiger partial charge on any atom is 0.249 e. The van der Waals surface area contributed by atoms with Crippen molar-refractivity contribution in [1.82, 2.24) is 14.5 Å². The summed E-state index contributed by atoms with van der Waals surface area (Å²) in [6.07, 6.45) is 2.44. The van der Waals surface area contributed by atoms with Gasteiger partial charge in [0.1, 0.15) is 24.1 Å². The van der Waals surface area contributed by atoms with Crippen molar-refractivity contribution in [2.75, 3.05) is 26.8 Å². The van der Waals surface area contributed by atoms with E-state index in [1.807, 2.05) is 37.6 Å². The highest BCUT2D eigenvalue weighted by molar-refractivity contribution is 5.78. The van der Waals surface area contributed by atoms with Gasteiger partial charge >= 0.3 is 0 Å². The standard InChI is InChI=1S/C27H34F2N4O2/c1-27(2,3)25(33(13-7-12-30)24(34)18-35-4)26-31-23(20-9-6-11-22(29)15-20)17-32(26)16-19-8-5-10-21(28)14-19/h5-6,8-11,14-15,17,25H,7,12-13,16,18,30H2,1-4H3. The van der Waals surface area contributed by atoms with Crippen molar-refractivity contribution in [3.63, 3.8) is 0 Å². The molecule has 0 bridgehead atoms. The van der Waals surface area contributed by atoms with Gasteiger partial charge in [0.2, 0.25) is 5.91 Å². The third kappa shape index (κ3) is 6.74. The molecule has 2 aromatic carbocycles. The molecule has 188 valence electrons. The molecule has 0 saturated carbocycles. The maximum absolute atomic E-state index is 14.0. The zero-order valence-electron chi connectivity index (χ0n) is 20.8. The average molecular weight is 485 g/mol. The number of rotatable bonds is 10. The number of benzene rings is 2. The Labute approximate surface area is 205 Å². The van der Waals surface area contributed by atoms with E-state index in [2.05, 4.69) is 0 Å². The first-order valence-corrected chi connectivity index (χ1v) is 11.7. The lowest BCUT2D eigenvalue weighted by Crippen LogP contribution is -2.45. The van der Waals surface area contributed by atoms with Gasteiger partial charge in [-0.3, -0.25) is 4.79 Å². The van der Waals surface area contributed by atoms with Gasteiger partial charge in [-0.2, -0.15) is 0 Å². The Morgan fingerprint density at radius 2 is 1.83 bits per heavy atom. The van der Waals surface area contributed by atoms with Gasteiger partial charge in [0.05, 0.1) is 11.7 Å². The second-order valence-electron chi connectivity index (χ2n) is 9.68. The monoisotopic (exact) mass is 484 g/mol. The summed E-state index contributed by atoms with van der Waals surface area (Å²) < 4.78 is 35.0. The first-order valence-electron chi connectivity index (χ1n) is 11.7. The van der Waals surface area contributed by atoms with Crippen LogP contribution in [0.15, 0.2) is 54.7 Å². The topological polar surface area (TPSA) is 73.4 Å². The fourth-order valence-corrected chi connectivity index (χ4v) is 4.25. The number of halogens is 2. The Hall–Kier alpha value is -3.10. The van der Waals surface area contributed by atoms with E-state index in [4.69, 9.17) is 15.5 Å². The number of carbonyl (C=O) groups excluding carboxylic acids is 1. The fraction of sp³-hybridized carbons (Fsp3) is 0.407. The second-order valence-corrected chi connectivity index (χ2v) is 9.68. The number of nitrogens with two attached hydrogens (primary N) is 1. The van der Waals surface area contributed by atoms with E-state index in [0.29, 0.717) is 43.1 Å². The molecule has 1 atom stereocenters. The van der Waals surface area contributed by atoms with E-state index < -0.39 is 11.5 Å². The van der Waals surface area contributed by atoms with E-state index >= 15 is 0 Å². The number of amides is 1. The van der Waals surface area contributed by atoms with Crippen LogP contribution in [-0.4, -0.2) is 47.2 Å². The molecule has 0 spiro atoms. The van der Waals surface area contributed by atoms with Gasteiger partial charge in [0, 0.05) is 32.0 Å². The third-order valence-corrected chi connectivity index (χ3v) is 5.74. The summed E-state index contributed by atoms with van der Waals surface area (Å²) in [5, 5.41) is 0. The van der Waals surface area contributed by atoms with Crippen molar-refractivity contribution >= 4 is 5.91 Å².